The Balaban J connectivity index is 2.02. The molecular formula is C16H19NO2. The van der Waals surface area contributed by atoms with Crippen molar-refractivity contribution in [3.8, 4) is 18.1 Å². The van der Waals surface area contributed by atoms with Crippen LogP contribution in [-0.4, -0.2) is 31.0 Å². The summed E-state index contributed by atoms with van der Waals surface area (Å²) in [6, 6.07) is 7.60. The normalized spacial score (nSPS) is 13.7. The Hall–Kier alpha value is -1.95. The van der Waals surface area contributed by atoms with E-state index in [1.807, 2.05) is 24.3 Å². The lowest BCUT2D eigenvalue weighted by Crippen LogP contribution is -2.34. The summed E-state index contributed by atoms with van der Waals surface area (Å²) < 4.78 is 5.27. The molecule has 2 rings (SSSR count). The summed E-state index contributed by atoms with van der Waals surface area (Å²) in [4.78, 5) is 14.1. The van der Waals surface area contributed by atoms with Crippen LogP contribution >= 0.6 is 0 Å². The molecule has 100 valence electrons. The Morgan fingerprint density at radius 2 is 2.21 bits per heavy atom. The van der Waals surface area contributed by atoms with E-state index in [0.717, 1.165) is 17.9 Å². The minimum Gasteiger partial charge on any atom is -0.496 e. The van der Waals surface area contributed by atoms with Gasteiger partial charge in [-0.1, -0.05) is 24.1 Å². The average molecular weight is 257 g/mol. The number of nitrogens with zero attached hydrogens (tertiary/aromatic N) is 1. The molecule has 1 fully saturated rings. The lowest BCUT2D eigenvalue weighted by molar-refractivity contribution is -0.130. The lowest BCUT2D eigenvalue weighted by Gasteiger charge is -2.20. The Morgan fingerprint density at radius 1 is 1.47 bits per heavy atom. The highest BCUT2D eigenvalue weighted by Crippen LogP contribution is 2.30. The van der Waals surface area contributed by atoms with Crippen LogP contribution in [0.1, 0.15) is 18.4 Å². The van der Waals surface area contributed by atoms with Gasteiger partial charge < -0.3 is 9.64 Å². The summed E-state index contributed by atoms with van der Waals surface area (Å²) in [7, 11) is 1.62. The maximum atomic E-state index is 12.3. The summed E-state index contributed by atoms with van der Waals surface area (Å²) in [5.74, 6) is 4.05. The summed E-state index contributed by atoms with van der Waals surface area (Å²) in [5.41, 5.74) is 0.910. The number of hydrogen-bond acceptors (Lipinski definition) is 2. The number of benzene rings is 1. The molecule has 1 aliphatic rings. The van der Waals surface area contributed by atoms with Gasteiger partial charge in [-0.15, -0.1) is 6.42 Å². The molecule has 0 atom stereocenters. The summed E-state index contributed by atoms with van der Waals surface area (Å²) in [6.07, 6.45) is 8.11. The van der Waals surface area contributed by atoms with Gasteiger partial charge in [0.2, 0.25) is 5.91 Å². The molecule has 19 heavy (non-hydrogen) atoms. The first-order valence-electron chi connectivity index (χ1n) is 6.57. The quantitative estimate of drug-likeness (QED) is 0.730. The minimum absolute atomic E-state index is 0.0781. The number of para-hydroxylation sites is 1. The van der Waals surface area contributed by atoms with Crippen molar-refractivity contribution in [3.63, 3.8) is 0 Å². The fraction of sp³-hybridized carbons (Fsp3) is 0.438. The minimum atomic E-state index is 0.0781. The smallest absolute Gasteiger partial charge is 0.227 e. The third-order valence-electron chi connectivity index (χ3n) is 3.34. The number of carbonyl (C=O) groups is 1. The van der Waals surface area contributed by atoms with Crippen LogP contribution in [0.15, 0.2) is 24.3 Å². The molecule has 1 saturated carbocycles. The van der Waals surface area contributed by atoms with Gasteiger partial charge in [0.1, 0.15) is 5.75 Å². The molecule has 0 spiro atoms. The Labute approximate surface area is 114 Å². The molecule has 0 saturated heterocycles. The molecule has 1 aromatic carbocycles. The van der Waals surface area contributed by atoms with Gasteiger partial charge in [0.15, 0.2) is 0 Å². The van der Waals surface area contributed by atoms with Crippen molar-refractivity contribution in [2.75, 3.05) is 20.2 Å². The third-order valence-corrected chi connectivity index (χ3v) is 3.34. The lowest BCUT2D eigenvalue weighted by atomic mass is 10.1. The fourth-order valence-electron chi connectivity index (χ4n) is 2.10. The van der Waals surface area contributed by atoms with E-state index in [2.05, 4.69) is 5.92 Å². The number of terminal acetylenes is 1. The predicted octanol–water partition coefficient (Wildman–Crippen LogP) is 2.11. The topological polar surface area (TPSA) is 29.5 Å². The van der Waals surface area contributed by atoms with Crippen molar-refractivity contribution in [3.05, 3.63) is 29.8 Å². The second-order valence-electron chi connectivity index (χ2n) is 4.91. The van der Waals surface area contributed by atoms with Crippen LogP contribution in [0.5, 0.6) is 5.75 Å². The van der Waals surface area contributed by atoms with E-state index in [-0.39, 0.29) is 5.91 Å². The molecule has 0 aromatic heterocycles. The second-order valence-corrected chi connectivity index (χ2v) is 4.91. The number of carbonyl (C=O) groups excluding carboxylic acids is 1. The van der Waals surface area contributed by atoms with Crippen LogP contribution in [0.25, 0.3) is 0 Å². The van der Waals surface area contributed by atoms with E-state index in [4.69, 9.17) is 11.2 Å². The highest BCUT2D eigenvalue weighted by molar-refractivity contribution is 5.79. The molecule has 0 radical (unpaired) electrons. The van der Waals surface area contributed by atoms with E-state index in [9.17, 15) is 4.79 Å². The van der Waals surface area contributed by atoms with Gasteiger partial charge >= 0.3 is 0 Å². The first-order valence-corrected chi connectivity index (χ1v) is 6.57. The Kier molecular flexibility index (Phi) is 4.46. The second kappa shape index (κ2) is 6.29. The SMILES string of the molecule is C#CCN(CC1CC1)C(=O)Cc1ccccc1OC. The Morgan fingerprint density at radius 3 is 2.84 bits per heavy atom. The van der Waals surface area contributed by atoms with Crippen LogP contribution in [0, 0.1) is 18.3 Å². The number of hydrogen-bond donors (Lipinski definition) is 0. The first-order chi connectivity index (χ1) is 9.24. The van der Waals surface area contributed by atoms with E-state index < -0.39 is 0 Å². The van der Waals surface area contributed by atoms with E-state index in [0.29, 0.717) is 18.9 Å². The van der Waals surface area contributed by atoms with E-state index in [1.165, 1.54) is 12.8 Å². The van der Waals surface area contributed by atoms with Crippen molar-refractivity contribution in [1.29, 1.82) is 0 Å². The molecule has 3 heteroatoms. The van der Waals surface area contributed by atoms with Crippen molar-refractivity contribution < 1.29 is 9.53 Å². The predicted molar refractivity (Wildman–Crippen MR) is 74.8 cm³/mol. The maximum absolute atomic E-state index is 12.3. The molecular weight excluding hydrogens is 238 g/mol. The molecule has 0 bridgehead atoms. The van der Waals surface area contributed by atoms with Crippen LogP contribution < -0.4 is 4.74 Å². The molecule has 0 unspecified atom stereocenters. The van der Waals surface area contributed by atoms with Crippen molar-refractivity contribution in [2.24, 2.45) is 5.92 Å². The zero-order valence-corrected chi connectivity index (χ0v) is 11.3. The van der Waals surface area contributed by atoms with E-state index in [1.54, 1.807) is 12.0 Å². The summed E-state index contributed by atoms with van der Waals surface area (Å²) in [6.45, 7) is 1.18. The number of rotatable bonds is 6. The molecule has 0 aliphatic heterocycles. The highest BCUT2D eigenvalue weighted by Gasteiger charge is 2.26. The number of amides is 1. The Bertz CT molecular complexity index is 486. The summed E-state index contributed by atoms with van der Waals surface area (Å²) in [5, 5.41) is 0. The molecule has 1 aliphatic carbocycles. The van der Waals surface area contributed by atoms with Crippen molar-refractivity contribution >= 4 is 5.91 Å². The van der Waals surface area contributed by atoms with Crippen LogP contribution in [0.4, 0.5) is 0 Å². The maximum Gasteiger partial charge on any atom is 0.227 e. The van der Waals surface area contributed by atoms with Gasteiger partial charge in [0.05, 0.1) is 20.1 Å². The van der Waals surface area contributed by atoms with Crippen LogP contribution in [0.2, 0.25) is 0 Å². The third kappa shape index (κ3) is 3.75. The van der Waals surface area contributed by atoms with Gasteiger partial charge in [-0.25, -0.2) is 0 Å². The molecule has 3 nitrogen and oxygen atoms in total. The molecule has 0 N–H and O–H groups in total. The van der Waals surface area contributed by atoms with Gasteiger partial charge in [0.25, 0.3) is 0 Å². The highest BCUT2D eigenvalue weighted by atomic mass is 16.5. The number of ether oxygens (including phenoxy) is 1. The van der Waals surface area contributed by atoms with Gasteiger partial charge in [-0.3, -0.25) is 4.79 Å². The van der Waals surface area contributed by atoms with Crippen LogP contribution in [-0.2, 0) is 11.2 Å². The van der Waals surface area contributed by atoms with Crippen molar-refractivity contribution in [2.45, 2.75) is 19.3 Å². The zero-order valence-electron chi connectivity index (χ0n) is 11.3. The molecule has 1 aromatic rings. The number of methoxy groups -OCH3 is 1. The van der Waals surface area contributed by atoms with Gasteiger partial charge in [-0.2, -0.15) is 0 Å². The van der Waals surface area contributed by atoms with E-state index >= 15 is 0 Å². The monoisotopic (exact) mass is 257 g/mol. The summed E-state index contributed by atoms with van der Waals surface area (Å²) >= 11 is 0. The molecule has 1 amide bonds. The zero-order chi connectivity index (χ0) is 13.7. The standard InChI is InChI=1S/C16H19NO2/c1-3-10-17(12-13-8-9-13)16(18)11-14-6-4-5-7-15(14)19-2/h1,4-7,13H,8-12H2,2H3. The first kappa shape index (κ1) is 13.5. The molecule has 0 heterocycles. The van der Waals surface area contributed by atoms with Gasteiger partial charge in [0, 0.05) is 12.1 Å². The van der Waals surface area contributed by atoms with Crippen LogP contribution in [0.3, 0.4) is 0 Å². The average Bonchev–Trinajstić information content (AvgIpc) is 3.23. The van der Waals surface area contributed by atoms with Crippen molar-refractivity contribution in [1.82, 2.24) is 4.90 Å². The fourth-order valence-corrected chi connectivity index (χ4v) is 2.10. The largest absolute Gasteiger partial charge is 0.496 e. The van der Waals surface area contributed by atoms with Gasteiger partial charge in [-0.05, 0) is 24.8 Å².